The van der Waals surface area contributed by atoms with Crippen LogP contribution >= 0.6 is 0 Å². The number of nitriles is 1. The van der Waals surface area contributed by atoms with Gasteiger partial charge < -0.3 is 0 Å². The van der Waals surface area contributed by atoms with Gasteiger partial charge in [0.1, 0.15) is 18.1 Å². The van der Waals surface area contributed by atoms with Crippen molar-refractivity contribution in [1.29, 1.82) is 5.26 Å². The predicted octanol–water partition coefficient (Wildman–Crippen LogP) is 7.28. The lowest BCUT2D eigenvalue weighted by Gasteiger charge is -2.29. The van der Waals surface area contributed by atoms with E-state index >= 15 is 4.39 Å². The molecule has 0 aliphatic heterocycles. The molecule has 0 radical (unpaired) electrons. The Morgan fingerprint density at radius 2 is 1.86 bits per heavy atom. The number of hydrogen-bond donors (Lipinski definition) is 0. The highest BCUT2D eigenvalue weighted by Gasteiger charge is 2.29. The van der Waals surface area contributed by atoms with Crippen molar-refractivity contribution < 1.29 is 8.78 Å². The van der Waals surface area contributed by atoms with Gasteiger partial charge in [-0.25, -0.2) is 8.78 Å². The summed E-state index contributed by atoms with van der Waals surface area (Å²) < 4.78 is 29.1. The first-order chi connectivity index (χ1) is 13.6. The maximum absolute atomic E-state index is 15.1. The first kappa shape index (κ1) is 18.6. The zero-order chi connectivity index (χ0) is 19.7. The van der Waals surface area contributed by atoms with Gasteiger partial charge in [-0.2, -0.15) is 5.26 Å². The molecule has 142 valence electrons. The number of aryl methyl sites for hydroxylation is 1. The van der Waals surface area contributed by atoms with Gasteiger partial charge in [0.15, 0.2) is 0 Å². The third kappa shape index (κ3) is 3.29. The summed E-state index contributed by atoms with van der Waals surface area (Å²) in [4.78, 5) is 0. The number of unbranched alkanes of at least 4 members (excludes halogenated alkanes) is 1. The minimum Gasteiger partial charge on any atom is -0.242 e. The highest BCUT2D eigenvalue weighted by atomic mass is 19.1. The summed E-state index contributed by atoms with van der Waals surface area (Å²) in [6, 6.07) is 16.4. The van der Waals surface area contributed by atoms with Gasteiger partial charge >= 0.3 is 0 Å². The highest BCUT2D eigenvalue weighted by molar-refractivity contribution is 5.91. The van der Waals surface area contributed by atoms with Crippen LogP contribution in [0.4, 0.5) is 8.78 Å². The lowest BCUT2D eigenvalue weighted by molar-refractivity contribution is 0.193. The summed E-state index contributed by atoms with van der Waals surface area (Å²) in [5.41, 5.74) is 3.64. The van der Waals surface area contributed by atoms with E-state index in [1.165, 1.54) is 12.1 Å². The van der Waals surface area contributed by atoms with Crippen LogP contribution in [0, 0.1) is 23.1 Å². The van der Waals surface area contributed by atoms with E-state index in [0.29, 0.717) is 0 Å². The Bertz CT molecular complexity index is 1060. The molecule has 0 aromatic heterocycles. The van der Waals surface area contributed by atoms with Crippen LogP contribution in [0.3, 0.4) is 0 Å². The molecule has 2 atom stereocenters. The number of hydrogen-bond acceptors (Lipinski definition) is 1. The third-order valence-corrected chi connectivity index (χ3v) is 6.00. The van der Waals surface area contributed by atoms with E-state index in [9.17, 15) is 4.39 Å². The molecule has 0 spiro atoms. The van der Waals surface area contributed by atoms with Crippen molar-refractivity contribution in [3.8, 4) is 17.2 Å². The van der Waals surface area contributed by atoms with Crippen LogP contribution in [-0.4, -0.2) is 0 Å². The number of benzene rings is 3. The molecule has 1 nitrogen and oxygen atoms in total. The fourth-order valence-electron chi connectivity index (χ4n) is 4.40. The fraction of sp³-hybridized carbons (Fsp3) is 0.320. The Hall–Kier alpha value is -2.73. The molecule has 4 rings (SSSR count). The molecule has 0 saturated heterocycles. The minimum atomic E-state index is -0.882. The Balaban J connectivity index is 1.71. The van der Waals surface area contributed by atoms with Crippen molar-refractivity contribution in [2.75, 3.05) is 0 Å². The summed E-state index contributed by atoms with van der Waals surface area (Å²) in [6.07, 6.45) is 4.07. The monoisotopic (exact) mass is 375 g/mol. The molecule has 1 aliphatic rings. The molecule has 0 bridgehead atoms. The van der Waals surface area contributed by atoms with Crippen molar-refractivity contribution in [1.82, 2.24) is 0 Å². The number of halogens is 2. The van der Waals surface area contributed by atoms with E-state index in [1.807, 2.05) is 36.4 Å². The summed E-state index contributed by atoms with van der Waals surface area (Å²) in [7, 11) is 0. The normalized spacial score (nSPS) is 18.6. The summed E-state index contributed by atoms with van der Waals surface area (Å²) in [5, 5.41) is 11.0. The van der Waals surface area contributed by atoms with E-state index in [0.717, 1.165) is 65.1 Å². The quantitative estimate of drug-likeness (QED) is 0.470. The first-order valence-corrected chi connectivity index (χ1v) is 10.0. The average Bonchev–Trinajstić information content (AvgIpc) is 2.72. The van der Waals surface area contributed by atoms with Crippen LogP contribution in [0.25, 0.3) is 21.9 Å². The van der Waals surface area contributed by atoms with Crippen LogP contribution in [0.5, 0.6) is 0 Å². The standard InChI is InChI=1S/C25H23F2N/c1-2-3-4-16-7-11-22-21-10-8-17(13-19(21)9-12-23(22)25(16)27)18-5-6-20(15-28)24(26)14-18/h5-6,8-10,12-14,16,25H,2-4,7,11H2,1H3/t16-,25+/m1/s1. The Kier molecular flexibility index (Phi) is 5.13. The largest absolute Gasteiger partial charge is 0.242 e. The lowest BCUT2D eigenvalue weighted by Crippen LogP contribution is -2.18. The van der Waals surface area contributed by atoms with Gasteiger partial charge in [0.05, 0.1) is 5.56 Å². The van der Waals surface area contributed by atoms with Gasteiger partial charge in [0.2, 0.25) is 0 Å². The Labute approximate surface area is 164 Å². The molecule has 3 heteroatoms. The van der Waals surface area contributed by atoms with E-state index in [4.69, 9.17) is 5.26 Å². The second-order valence-electron chi connectivity index (χ2n) is 7.72. The van der Waals surface area contributed by atoms with Crippen LogP contribution in [-0.2, 0) is 6.42 Å². The zero-order valence-electron chi connectivity index (χ0n) is 16.0. The Morgan fingerprint density at radius 3 is 2.61 bits per heavy atom. The predicted molar refractivity (Wildman–Crippen MR) is 109 cm³/mol. The highest BCUT2D eigenvalue weighted by Crippen LogP contribution is 2.42. The van der Waals surface area contributed by atoms with E-state index in [1.54, 1.807) is 6.07 Å². The van der Waals surface area contributed by atoms with Crippen LogP contribution < -0.4 is 0 Å². The average molecular weight is 375 g/mol. The third-order valence-electron chi connectivity index (χ3n) is 6.00. The fourth-order valence-corrected chi connectivity index (χ4v) is 4.40. The molecule has 0 amide bonds. The van der Waals surface area contributed by atoms with Crippen molar-refractivity contribution in [3.63, 3.8) is 0 Å². The number of alkyl halides is 1. The van der Waals surface area contributed by atoms with Crippen LogP contribution in [0.15, 0.2) is 48.5 Å². The molecule has 0 unspecified atom stereocenters. The summed E-state index contributed by atoms with van der Waals surface area (Å²) >= 11 is 0. The van der Waals surface area contributed by atoms with Gasteiger partial charge in [0, 0.05) is 0 Å². The van der Waals surface area contributed by atoms with E-state index < -0.39 is 12.0 Å². The minimum absolute atomic E-state index is 0.0465. The lowest BCUT2D eigenvalue weighted by atomic mass is 9.78. The molecular weight excluding hydrogens is 352 g/mol. The second-order valence-corrected chi connectivity index (χ2v) is 7.72. The van der Waals surface area contributed by atoms with Gasteiger partial charge in [0.25, 0.3) is 0 Å². The summed E-state index contributed by atoms with van der Waals surface area (Å²) in [6.45, 7) is 2.15. The number of fused-ring (bicyclic) bond motifs is 3. The maximum Gasteiger partial charge on any atom is 0.141 e. The van der Waals surface area contributed by atoms with Crippen LogP contribution in [0.2, 0.25) is 0 Å². The van der Waals surface area contributed by atoms with E-state index in [2.05, 4.69) is 6.92 Å². The van der Waals surface area contributed by atoms with E-state index in [-0.39, 0.29) is 11.5 Å². The van der Waals surface area contributed by atoms with Crippen molar-refractivity contribution in [2.45, 2.75) is 45.2 Å². The van der Waals surface area contributed by atoms with Gasteiger partial charge in [-0.1, -0.05) is 50.1 Å². The number of rotatable bonds is 4. The van der Waals surface area contributed by atoms with Gasteiger partial charge in [-0.05, 0) is 76.4 Å². The zero-order valence-corrected chi connectivity index (χ0v) is 16.0. The SMILES string of the molecule is CCCC[C@@H]1CCc2c(ccc3cc(-c4ccc(C#N)c(F)c4)ccc23)[C@H]1F. The molecule has 0 fully saturated rings. The molecule has 28 heavy (non-hydrogen) atoms. The second kappa shape index (κ2) is 7.72. The van der Waals surface area contributed by atoms with Gasteiger partial charge in [-0.3, -0.25) is 0 Å². The van der Waals surface area contributed by atoms with Crippen molar-refractivity contribution >= 4 is 10.8 Å². The molecule has 3 aromatic carbocycles. The number of nitrogens with zero attached hydrogens (tertiary/aromatic N) is 1. The first-order valence-electron chi connectivity index (χ1n) is 10.0. The maximum atomic E-state index is 15.1. The molecule has 3 aromatic rings. The molecule has 1 aliphatic carbocycles. The molecule has 0 N–H and O–H groups in total. The Morgan fingerprint density at radius 1 is 1.07 bits per heavy atom. The van der Waals surface area contributed by atoms with Crippen molar-refractivity contribution in [2.24, 2.45) is 5.92 Å². The smallest absolute Gasteiger partial charge is 0.141 e. The summed E-state index contributed by atoms with van der Waals surface area (Å²) in [5.74, 6) is -0.380. The molecule has 0 saturated carbocycles. The van der Waals surface area contributed by atoms with Crippen molar-refractivity contribution in [3.05, 3.63) is 71.0 Å². The topological polar surface area (TPSA) is 23.8 Å². The van der Waals surface area contributed by atoms with Crippen LogP contribution in [0.1, 0.15) is 55.5 Å². The molecular formula is C25H23F2N. The van der Waals surface area contributed by atoms with Gasteiger partial charge in [-0.15, -0.1) is 0 Å². The molecule has 0 heterocycles.